The van der Waals surface area contributed by atoms with Gasteiger partial charge in [0.2, 0.25) is 0 Å². The van der Waals surface area contributed by atoms with Gasteiger partial charge in [0.25, 0.3) is 0 Å². The number of aliphatic hydroxyl groups is 1. The molecule has 1 fully saturated rings. The molecule has 1 aliphatic rings. The van der Waals surface area contributed by atoms with E-state index in [-0.39, 0.29) is 0 Å². The Kier molecular flexibility index (Phi) is 3.04. The molecule has 0 unspecified atom stereocenters. The Bertz CT molecular complexity index is 378. The Morgan fingerprint density at radius 3 is 2.31 bits per heavy atom. The van der Waals surface area contributed by atoms with Crippen molar-refractivity contribution in [2.45, 2.75) is 32.3 Å². The normalized spacial score (nSPS) is 21.0. The van der Waals surface area contributed by atoms with Gasteiger partial charge in [-0.1, -0.05) is 18.2 Å². The molecule has 0 aromatic heterocycles. The van der Waals surface area contributed by atoms with Crippen LogP contribution in [0.5, 0.6) is 0 Å². The molecular weight excluding hydrogens is 198 g/mol. The predicted molar refractivity (Wildman–Crippen MR) is 66.5 cm³/mol. The quantitative estimate of drug-likeness (QED) is 0.783. The first-order valence-electron chi connectivity index (χ1n) is 6.00. The summed E-state index contributed by atoms with van der Waals surface area (Å²) in [6, 6.07) is 6.33. The lowest BCUT2D eigenvalue weighted by atomic mass is 9.83. The van der Waals surface area contributed by atoms with Crippen molar-refractivity contribution in [3.8, 4) is 0 Å². The second kappa shape index (κ2) is 4.19. The summed E-state index contributed by atoms with van der Waals surface area (Å²) in [6.07, 6.45) is 1.68. The second-order valence-electron chi connectivity index (χ2n) is 5.13. The van der Waals surface area contributed by atoms with Crippen molar-refractivity contribution >= 4 is 0 Å². The number of nitrogens with zero attached hydrogens (tertiary/aromatic N) is 1. The highest BCUT2D eigenvalue weighted by Gasteiger charge is 2.32. The lowest BCUT2D eigenvalue weighted by Gasteiger charge is -2.37. The lowest BCUT2D eigenvalue weighted by molar-refractivity contribution is -0.0203. The number of likely N-dealkylation sites (tertiary alicyclic amines) is 1. The Morgan fingerprint density at radius 1 is 1.12 bits per heavy atom. The van der Waals surface area contributed by atoms with Gasteiger partial charge in [0, 0.05) is 13.1 Å². The summed E-state index contributed by atoms with van der Waals surface area (Å²) in [5.74, 6) is 0. The van der Waals surface area contributed by atoms with Crippen molar-refractivity contribution in [1.29, 1.82) is 0 Å². The summed E-state index contributed by atoms with van der Waals surface area (Å²) in [5.41, 5.74) is 3.04. The average molecular weight is 219 g/mol. The first kappa shape index (κ1) is 11.6. The first-order valence-corrected chi connectivity index (χ1v) is 6.00. The van der Waals surface area contributed by atoms with Gasteiger partial charge in [0.15, 0.2) is 0 Å². The van der Waals surface area contributed by atoms with Gasteiger partial charge in [-0.3, -0.25) is 0 Å². The molecule has 0 saturated carbocycles. The topological polar surface area (TPSA) is 23.5 Å². The molecule has 0 radical (unpaired) electrons. The van der Waals surface area contributed by atoms with Crippen LogP contribution in [0.3, 0.4) is 0 Å². The lowest BCUT2D eigenvalue weighted by Crippen LogP contribution is -2.40. The van der Waals surface area contributed by atoms with Crippen LogP contribution < -0.4 is 0 Å². The molecule has 0 spiro atoms. The summed E-state index contributed by atoms with van der Waals surface area (Å²) in [6.45, 7) is 6.17. The van der Waals surface area contributed by atoms with E-state index in [1.165, 1.54) is 11.1 Å². The standard InChI is InChI=1S/C14H21NO/c1-11-4-5-13(10-12(11)2)14(16)6-8-15(3)9-7-14/h4-5,10,16H,6-9H2,1-3H3. The van der Waals surface area contributed by atoms with E-state index in [4.69, 9.17) is 0 Å². The van der Waals surface area contributed by atoms with Gasteiger partial charge in [0.1, 0.15) is 0 Å². The van der Waals surface area contributed by atoms with Gasteiger partial charge in [0.05, 0.1) is 5.60 Å². The minimum absolute atomic E-state index is 0.606. The Hall–Kier alpha value is -0.860. The number of benzene rings is 1. The fourth-order valence-electron chi connectivity index (χ4n) is 2.31. The highest BCUT2D eigenvalue weighted by molar-refractivity contribution is 5.33. The molecule has 1 aromatic rings. The maximum atomic E-state index is 10.6. The number of piperidine rings is 1. The SMILES string of the molecule is Cc1ccc(C2(O)CCN(C)CC2)cc1C. The van der Waals surface area contributed by atoms with E-state index in [0.29, 0.717) is 0 Å². The molecule has 0 bridgehead atoms. The Morgan fingerprint density at radius 2 is 1.75 bits per heavy atom. The van der Waals surface area contributed by atoms with Gasteiger partial charge >= 0.3 is 0 Å². The van der Waals surface area contributed by atoms with Gasteiger partial charge < -0.3 is 10.0 Å². The molecule has 0 amide bonds. The molecule has 1 saturated heterocycles. The molecule has 2 nitrogen and oxygen atoms in total. The zero-order valence-electron chi connectivity index (χ0n) is 10.5. The van der Waals surface area contributed by atoms with Gasteiger partial charge in [-0.05, 0) is 50.4 Å². The smallest absolute Gasteiger partial charge is 0.0921 e. The maximum absolute atomic E-state index is 10.6. The van der Waals surface area contributed by atoms with Crippen LogP contribution in [0.15, 0.2) is 18.2 Å². The van der Waals surface area contributed by atoms with E-state index >= 15 is 0 Å². The van der Waals surface area contributed by atoms with Crippen LogP contribution in [0.25, 0.3) is 0 Å². The van der Waals surface area contributed by atoms with Gasteiger partial charge in [-0.25, -0.2) is 0 Å². The summed E-state index contributed by atoms with van der Waals surface area (Å²) in [7, 11) is 2.11. The maximum Gasteiger partial charge on any atom is 0.0921 e. The molecule has 0 aliphatic carbocycles. The number of rotatable bonds is 1. The molecule has 0 atom stereocenters. The third-order valence-electron chi connectivity index (χ3n) is 3.86. The van der Waals surface area contributed by atoms with Crippen LogP contribution in [0.4, 0.5) is 0 Å². The number of aryl methyl sites for hydroxylation is 2. The molecule has 16 heavy (non-hydrogen) atoms. The molecule has 1 aromatic carbocycles. The zero-order valence-corrected chi connectivity index (χ0v) is 10.5. The predicted octanol–water partition coefficient (Wildman–Crippen LogP) is 2.22. The second-order valence-corrected chi connectivity index (χ2v) is 5.13. The average Bonchev–Trinajstić information content (AvgIpc) is 2.26. The van der Waals surface area contributed by atoms with Crippen molar-refractivity contribution in [2.24, 2.45) is 0 Å². The highest BCUT2D eigenvalue weighted by atomic mass is 16.3. The van der Waals surface area contributed by atoms with Crippen LogP contribution >= 0.6 is 0 Å². The van der Waals surface area contributed by atoms with Crippen molar-refractivity contribution in [3.05, 3.63) is 34.9 Å². The zero-order chi connectivity index (χ0) is 11.8. The van der Waals surface area contributed by atoms with Crippen molar-refractivity contribution in [2.75, 3.05) is 20.1 Å². The fourth-order valence-corrected chi connectivity index (χ4v) is 2.31. The molecule has 88 valence electrons. The molecule has 2 heteroatoms. The van der Waals surface area contributed by atoms with E-state index < -0.39 is 5.60 Å². The minimum atomic E-state index is -0.606. The fraction of sp³-hybridized carbons (Fsp3) is 0.571. The van der Waals surface area contributed by atoms with E-state index in [2.05, 4.69) is 44.0 Å². The Labute approximate surface area is 97.9 Å². The Balaban J connectivity index is 2.25. The van der Waals surface area contributed by atoms with E-state index in [1.807, 2.05) is 0 Å². The third-order valence-corrected chi connectivity index (χ3v) is 3.86. The molecule has 1 N–H and O–H groups in total. The third kappa shape index (κ3) is 2.13. The van der Waals surface area contributed by atoms with Crippen LogP contribution in [0, 0.1) is 13.8 Å². The van der Waals surface area contributed by atoms with Crippen LogP contribution in [-0.4, -0.2) is 30.1 Å². The molecule has 2 rings (SSSR count). The van der Waals surface area contributed by atoms with Crippen molar-refractivity contribution in [1.82, 2.24) is 4.90 Å². The van der Waals surface area contributed by atoms with Gasteiger partial charge in [-0.15, -0.1) is 0 Å². The number of hydrogen-bond acceptors (Lipinski definition) is 2. The minimum Gasteiger partial charge on any atom is -0.385 e. The summed E-state index contributed by atoms with van der Waals surface area (Å²) < 4.78 is 0. The van der Waals surface area contributed by atoms with E-state index in [0.717, 1.165) is 31.5 Å². The van der Waals surface area contributed by atoms with Crippen molar-refractivity contribution in [3.63, 3.8) is 0 Å². The van der Waals surface area contributed by atoms with E-state index in [1.54, 1.807) is 0 Å². The molecule has 1 aliphatic heterocycles. The van der Waals surface area contributed by atoms with Crippen molar-refractivity contribution < 1.29 is 5.11 Å². The van der Waals surface area contributed by atoms with Crippen LogP contribution in [-0.2, 0) is 5.60 Å². The van der Waals surface area contributed by atoms with Gasteiger partial charge in [-0.2, -0.15) is 0 Å². The molecular formula is C14H21NO. The highest BCUT2D eigenvalue weighted by Crippen LogP contribution is 2.33. The summed E-state index contributed by atoms with van der Waals surface area (Å²) in [5, 5.41) is 10.6. The monoisotopic (exact) mass is 219 g/mol. The molecule has 1 heterocycles. The van der Waals surface area contributed by atoms with Crippen LogP contribution in [0.1, 0.15) is 29.5 Å². The van der Waals surface area contributed by atoms with Crippen LogP contribution in [0.2, 0.25) is 0 Å². The summed E-state index contributed by atoms with van der Waals surface area (Å²) >= 11 is 0. The first-order chi connectivity index (χ1) is 7.51. The largest absolute Gasteiger partial charge is 0.385 e. The van der Waals surface area contributed by atoms with E-state index in [9.17, 15) is 5.11 Å². The summed E-state index contributed by atoms with van der Waals surface area (Å²) in [4.78, 5) is 2.27. The number of hydrogen-bond donors (Lipinski definition) is 1.